The molecule has 1 fully saturated rings. The lowest BCUT2D eigenvalue weighted by atomic mass is 10.4. The summed E-state index contributed by atoms with van der Waals surface area (Å²) in [4.78, 5) is 0. The first-order valence-electron chi connectivity index (χ1n) is 3.38. The monoisotopic (exact) mass is 144 g/mol. The molecule has 0 saturated carbocycles. The molecule has 52 valence electrons. The van der Waals surface area contributed by atoms with Crippen molar-refractivity contribution < 1.29 is 9.16 Å². The summed E-state index contributed by atoms with van der Waals surface area (Å²) >= 11 is 0. The molecule has 2 nitrogen and oxygen atoms in total. The summed E-state index contributed by atoms with van der Waals surface area (Å²) in [5.41, 5.74) is 0. The fourth-order valence-electron chi connectivity index (χ4n) is 0.687. The molecule has 2 aliphatic rings. The van der Waals surface area contributed by atoms with E-state index in [0.717, 1.165) is 6.61 Å². The lowest BCUT2D eigenvalue weighted by Crippen LogP contribution is -2.06. The van der Waals surface area contributed by atoms with Gasteiger partial charge in [-0.25, -0.2) is 0 Å². The van der Waals surface area contributed by atoms with Crippen LogP contribution in [0.25, 0.3) is 0 Å². The summed E-state index contributed by atoms with van der Waals surface area (Å²) < 4.78 is 9.46. The maximum absolute atomic E-state index is 5.21. The highest BCUT2D eigenvalue weighted by Gasteiger charge is 1.96. The molecule has 0 atom stereocenters. The Kier molecular flexibility index (Phi) is 3.48. The second-order valence-corrected chi connectivity index (χ2v) is 3.60. The van der Waals surface area contributed by atoms with E-state index in [-0.39, 0.29) is 9.76 Å². The van der Waals surface area contributed by atoms with E-state index >= 15 is 0 Å². The van der Waals surface area contributed by atoms with Crippen LogP contribution in [0.2, 0.25) is 6.04 Å². The van der Waals surface area contributed by atoms with Crippen LogP contribution in [0.15, 0.2) is 12.5 Å². The fourth-order valence-corrected chi connectivity index (χ4v) is 1.86. The molecule has 3 heteroatoms. The Labute approximate surface area is 57.8 Å². The van der Waals surface area contributed by atoms with Gasteiger partial charge in [0.05, 0.1) is 0 Å². The predicted molar refractivity (Wildman–Crippen MR) is 38.8 cm³/mol. The molecule has 0 spiro atoms. The van der Waals surface area contributed by atoms with Crippen LogP contribution in [0, 0.1) is 0 Å². The highest BCUT2D eigenvalue weighted by Crippen LogP contribution is 2.01. The fraction of sp³-hybridized carbons (Fsp3) is 0.667. The van der Waals surface area contributed by atoms with Crippen LogP contribution in [0.3, 0.4) is 0 Å². The number of hydrogen-bond acceptors (Lipinski definition) is 2. The van der Waals surface area contributed by atoms with Crippen molar-refractivity contribution in [1.29, 1.82) is 0 Å². The zero-order valence-electron chi connectivity index (χ0n) is 5.51. The van der Waals surface area contributed by atoms with Crippen LogP contribution in [0.5, 0.6) is 0 Å². The van der Waals surface area contributed by atoms with Crippen LogP contribution in [-0.2, 0) is 9.16 Å². The van der Waals surface area contributed by atoms with Gasteiger partial charge in [0, 0.05) is 6.61 Å². The molecule has 0 radical (unpaired) electrons. The van der Waals surface area contributed by atoms with Gasteiger partial charge < -0.3 is 9.16 Å². The normalized spacial score (nSPS) is 24.0. The summed E-state index contributed by atoms with van der Waals surface area (Å²) in [5, 5.41) is 0. The molecule has 2 rings (SSSR count). The quantitative estimate of drug-likeness (QED) is 0.469. The average Bonchev–Trinajstić information content (AvgIpc) is 2.76. The topological polar surface area (TPSA) is 21.8 Å². The van der Waals surface area contributed by atoms with Gasteiger partial charge in [-0.1, -0.05) is 6.42 Å². The van der Waals surface area contributed by atoms with Crippen LogP contribution < -0.4 is 0 Å². The van der Waals surface area contributed by atoms with Gasteiger partial charge in [0.1, 0.15) is 12.5 Å². The average molecular weight is 144 g/mol. The van der Waals surface area contributed by atoms with E-state index in [1.807, 2.05) is 0 Å². The molecule has 0 aliphatic carbocycles. The van der Waals surface area contributed by atoms with Gasteiger partial charge in [-0.15, -0.1) is 0 Å². The van der Waals surface area contributed by atoms with Gasteiger partial charge >= 0.3 is 0 Å². The van der Waals surface area contributed by atoms with E-state index in [2.05, 4.69) is 4.74 Å². The second kappa shape index (κ2) is 4.58. The summed E-state index contributed by atoms with van der Waals surface area (Å²) in [5.74, 6) is 0. The van der Waals surface area contributed by atoms with E-state index in [4.69, 9.17) is 4.43 Å². The summed E-state index contributed by atoms with van der Waals surface area (Å²) in [6.07, 6.45) is 6.00. The molecule has 0 unspecified atom stereocenters. The molecular formula is C6H12O2Si. The van der Waals surface area contributed by atoms with Crippen molar-refractivity contribution in [2.45, 2.75) is 18.9 Å². The van der Waals surface area contributed by atoms with Gasteiger partial charge in [-0.05, 0) is 12.5 Å². The van der Waals surface area contributed by atoms with Crippen LogP contribution in [-0.4, -0.2) is 16.4 Å². The zero-order valence-corrected chi connectivity index (χ0v) is 6.92. The number of rotatable bonds is 0. The van der Waals surface area contributed by atoms with Crippen LogP contribution in [0.1, 0.15) is 12.8 Å². The molecule has 0 bridgehead atoms. The third-order valence-corrected chi connectivity index (χ3v) is 2.58. The molecule has 1 saturated heterocycles. The molecule has 9 heavy (non-hydrogen) atoms. The Morgan fingerprint density at radius 2 is 2.00 bits per heavy atom. The summed E-state index contributed by atoms with van der Waals surface area (Å²) in [7, 11) is 0.00849. The third-order valence-electron chi connectivity index (χ3n) is 1.21. The molecular weight excluding hydrogens is 132 g/mol. The molecule has 0 aromatic carbocycles. The number of hydrogen-bond donors (Lipinski definition) is 0. The first-order chi connectivity index (χ1) is 4.50. The molecule has 0 amide bonds. The minimum Gasteiger partial charge on any atom is -0.466 e. The highest BCUT2D eigenvalue weighted by atomic mass is 28.2. The van der Waals surface area contributed by atoms with Gasteiger partial charge in [0.2, 0.25) is 0 Å². The van der Waals surface area contributed by atoms with E-state index in [1.54, 1.807) is 12.5 Å². The maximum Gasteiger partial charge on any atom is 0.161 e. The second-order valence-electron chi connectivity index (χ2n) is 2.08. The van der Waals surface area contributed by atoms with Crippen LogP contribution >= 0.6 is 0 Å². The van der Waals surface area contributed by atoms with Crippen molar-refractivity contribution >= 4 is 9.76 Å². The third kappa shape index (κ3) is 5.59. The predicted octanol–water partition coefficient (Wildman–Crippen LogP) is 0.787. The van der Waals surface area contributed by atoms with E-state index in [0.29, 0.717) is 0 Å². The maximum atomic E-state index is 5.21. The number of ether oxygens (including phenoxy) is 1. The van der Waals surface area contributed by atoms with E-state index < -0.39 is 0 Å². The van der Waals surface area contributed by atoms with E-state index in [1.165, 1.54) is 18.9 Å². The first-order valence-corrected chi connectivity index (χ1v) is 4.96. The van der Waals surface area contributed by atoms with Gasteiger partial charge in [-0.2, -0.15) is 0 Å². The van der Waals surface area contributed by atoms with Crippen molar-refractivity contribution in [2.75, 3.05) is 6.61 Å². The van der Waals surface area contributed by atoms with Gasteiger partial charge in [0.25, 0.3) is 0 Å². The van der Waals surface area contributed by atoms with Crippen molar-refractivity contribution in [3.05, 3.63) is 12.5 Å². The molecule has 0 aromatic rings. The summed E-state index contributed by atoms with van der Waals surface area (Å²) in [6.45, 7) is 1.06. The van der Waals surface area contributed by atoms with Crippen molar-refractivity contribution in [3.63, 3.8) is 0 Å². The Morgan fingerprint density at radius 1 is 1.22 bits per heavy atom. The lowest BCUT2D eigenvalue weighted by Gasteiger charge is -2.07. The molecule has 0 N–H and O–H groups in total. The molecule has 2 heterocycles. The molecule has 2 aliphatic heterocycles. The smallest absolute Gasteiger partial charge is 0.161 e. The summed E-state index contributed by atoms with van der Waals surface area (Å²) in [6, 6.07) is 1.42. The van der Waals surface area contributed by atoms with Crippen molar-refractivity contribution in [2.24, 2.45) is 0 Å². The zero-order chi connectivity index (χ0) is 6.36. The Hall–Kier alpha value is -0.283. The van der Waals surface area contributed by atoms with Gasteiger partial charge in [-0.3, -0.25) is 0 Å². The minimum absolute atomic E-state index is 0.00849. The van der Waals surface area contributed by atoms with Crippen molar-refractivity contribution in [1.82, 2.24) is 0 Å². The minimum atomic E-state index is 0.00849. The Morgan fingerprint density at radius 3 is 2.11 bits per heavy atom. The van der Waals surface area contributed by atoms with Crippen LogP contribution in [0.4, 0.5) is 0 Å². The molecule has 0 aromatic heterocycles. The lowest BCUT2D eigenvalue weighted by molar-refractivity contribution is 0.304. The van der Waals surface area contributed by atoms with E-state index in [9.17, 15) is 0 Å². The Bertz CT molecular complexity index is 73.5. The SMILES string of the molecule is C1=CO1.C1CC[SiH2]OC1. The van der Waals surface area contributed by atoms with Gasteiger partial charge in [0.15, 0.2) is 9.76 Å². The standard InChI is InChI=1S/C4H10OSi.C2H2O/c1-2-4-6-5-3-1;1-2-3-1/h1-4,6H2;1-2H. The largest absolute Gasteiger partial charge is 0.466 e. The Balaban J connectivity index is 0.000000112. The first kappa shape index (κ1) is 6.83. The van der Waals surface area contributed by atoms with Crippen molar-refractivity contribution in [3.8, 4) is 0 Å². The highest BCUT2D eigenvalue weighted by molar-refractivity contribution is 6.27.